The van der Waals surface area contributed by atoms with E-state index in [1.54, 1.807) is 19.1 Å². The zero-order valence-corrected chi connectivity index (χ0v) is 20.5. The van der Waals surface area contributed by atoms with E-state index in [0.717, 1.165) is 19.3 Å². The zero-order chi connectivity index (χ0) is 25.3. The normalized spacial score (nSPS) is 26.0. The van der Waals surface area contributed by atoms with E-state index >= 15 is 0 Å². The molecular formula is C27H32N2O7. The monoisotopic (exact) mass is 496 g/mol. The highest BCUT2D eigenvalue weighted by molar-refractivity contribution is 5.90. The fraction of sp³-hybridized carbons (Fsp3) is 0.556. The predicted molar refractivity (Wildman–Crippen MR) is 131 cm³/mol. The summed E-state index contributed by atoms with van der Waals surface area (Å²) in [6.07, 6.45) is 6.21. The van der Waals surface area contributed by atoms with Gasteiger partial charge in [-0.15, -0.1) is 0 Å². The molecule has 2 N–H and O–H groups in total. The molecule has 9 heteroatoms. The minimum absolute atomic E-state index is 0.0606. The molecule has 2 aromatic rings. The van der Waals surface area contributed by atoms with Crippen molar-refractivity contribution in [2.45, 2.75) is 58.5 Å². The van der Waals surface area contributed by atoms with Crippen LogP contribution in [0.4, 0.5) is 10.5 Å². The second-order valence-corrected chi connectivity index (χ2v) is 10.5. The van der Waals surface area contributed by atoms with Crippen LogP contribution in [0.2, 0.25) is 0 Å². The largest absolute Gasteiger partial charge is 0.461 e. The molecular weight excluding hydrogens is 464 g/mol. The molecule has 0 aliphatic heterocycles. The zero-order valence-electron chi connectivity index (χ0n) is 20.5. The molecule has 9 nitrogen and oxygen atoms in total. The maximum absolute atomic E-state index is 13.0. The van der Waals surface area contributed by atoms with Crippen LogP contribution in [0.25, 0.3) is 11.0 Å². The minimum Gasteiger partial charge on any atom is -0.461 e. The minimum atomic E-state index is -0.612. The third-order valence-corrected chi connectivity index (χ3v) is 7.88. The summed E-state index contributed by atoms with van der Waals surface area (Å²) < 4.78 is 15.5. The molecule has 0 saturated heterocycles. The summed E-state index contributed by atoms with van der Waals surface area (Å²) in [6, 6.07) is 6.11. The van der Waals surface area contributed by atoms with E-state index in [4.69, 9.17) is 13.9 Å². The highest BCUT2D eigenvalue weighted by Gasteiger charge is 2.54. The number of carbonyl (C=O) groups is 3. The Morgan fingerprint density at radius 1 is 1.03 bits per heavy atom. The van der Waals surface area contributed by atoms with E-state index in [-0.39, 0.29) is 43.1 Å². The third kappa shape index (κ3) is 5.10. The Bertz CT molecular complexity index is 1200. The topological polar surface area (TPSA) is 124 Å². The molecule has 1 heterocycles. The van der Waals surface area contributed by atoms with E-state index in [0.29, 0.717) is 34.4 Å². The lowest BCUT2D eigenvalue weighted by molar-refractivity contribution is -0.147. The third-order valence-electron chi connectivity index (χ3n) is 7.88. The number of hydrogen-bond acceptors (Lipinski definition) is 7. The van der Waals surface area contributed by atoms with Crippen molar-refractivity contribution in [3.63, 3.8) is 0 Å². The number of fused-ring (bicyclic) bond motifs is 1. The van der Waals surface area contributed by atoms with Gasteiger partial charge in [-0.25, -0.2) is 9.59 Å². The van der Waals surface area contributed by atoms with Crippen molar-refractivity contribution in [2.75, 3.05) is 18.5 Å². The first-order chi connectivity index (χ1) is 17.3. The molecule has 4 aliphatic carbocycles. The van der Waals surface area contributed by atoms with Gasteiger partial charge in [-0.3, -0.25) is 14.9 Å². The van der Waals surface area contributed by atoms with Crippen LogP contribution < -0.4 is 16.3 Å². The number of amides is 2. The van der Waals surface area contributed by atoms with Crippen molar-refractivity contribution in [2.24, 2.45) is 23.2 Å². The SMILES string of the molecule is CCOC(=O)Nc1ccc2c(COC(=O)CCNC(=O)C34CC5CC(CC(C5)C3)C4)cc(=O)oc2c1. The van der Waals surface area contributed by atoms with Gasteiger partial charge in [-0.2, -0.15) is 0 Å². The summed E-state index contributed by atoms with van der Waals surface area (Å²) in [7, 11) is 0. The summed E-state index contributed by atoms with van der Waals surface area (Å²) in [5, 5.41) is 6.13. The average molecular weight is 497 g/mol. The van der Waals surface area contributed by atoms with Crippen LogP contribution in [0.5, 0.6) is 0 Å². The number of hydrogen-bond donors (Lipinski definition) is 2. The molecule has 4 saturated carbocycles. The summed E-state index contributed by atoms with van der Waals surface area (Å²) in [5.74, 6) is 1.68. The van der Waals surface area contributed by atoms with E-state index in [2.05, 4.69) is 10.6 Å². The summed E-state index contributed by atoms with van der Waals surface area (Å²) in [5.41, 5.74) is 0.328. The van der Waals surface area contributed by atoms with Gasteiger partial charge in [0.1, 0.15) is 12.2 Å². The van der Waals surface area contributed by atoms with Crippen LogP contribution >= 0.6 is 0 Å². The average Bonchev–Trinajstić information content (AvgIpc) is 2.81. The van der Waals surface area contributed by atoms with Gasteiger partial charge in [0.15, 0.2) is 0 Å². The number of carbonyl (C=O) groups excluding carboxylic acids is 3. The maximum Gasteiger partial charge on any atom is 0.411 e. The van der Waals surface area contributed by atoms with Crippen LogP contribution in [0.3, 0.4) is 0 Å². The lowest BCUT2D eigenvalue weighted by Gasteiger charge is -2.55. The number of esters is 1. The van der Waals surface area contributed by atoms with Crippen LogP contribution in [0.1, 0.15) is 57.4 Å². The first kappa shape index (κ1) is 24.3. The van der Waals surface area contributed by atoms with Gasteiger partial charge in [0, 0.05) is 40.7 Å². The van der Waals surface area contributed by atoms with Crippen molar-refractivity contribution >= 4 is 34.6 Å². The molecule has 1 aromatic heterocycles. The number of benzene rings is 1. The van der Waals surface area contributed by atoms with Gasteiger partial charge in [0.25, 0.3) is 0 Å². The number of anilines is 1. The second kappa shape index (κ2) is 9.95. The first-order valence-electron chi connectivity index (χ1n) is 12.8. The highest BCUT2D eigenvalue weighted by Crippen LogP contribution is 2.60. The van der Waals surface area contributed by atoms with Crippen molar-refractivity contribution in [1.29, 1.82) is 0 Å². The number of rotatable bonds is 8. The van der Waals surface area contributed by atoms with Gasteiger partial charge in [-0.05, 0) is 75.3 Å². The quantitative estimate of drug-likeness (QED) is 0.416. The fourth-order valence-electron chi connectivity index (χ4n) is 6.80. The lowest BCUT2D eigenvalue weighted by atomic mass is 9.49. The van der Waals surface area contributed by atoms with E-state index in [1.165, 1.54) is 31.4 Å². The first-order valence-corrected chi connectivity index (χ1v) is 12.8. The van der Waals surface area contributed by atoms with Gasteiger partial charge < -0.3 is 19.2 Å². The molecule has 192 valence electrons. The van der Waals surface area contributed by atoms with Gasteiger partial charge in [0.05, 0.1) is 13.0 Å². The van der Waals surface area contributed by atoms with E-state index in [9.17, 15) is 19.2 Å². The van der Waals surface area contributed by atoms with Gasteiger partial charge >= 0.3 is 17.7 Å². The molecule has 2 amide bonds. The van der Waals surface area contributed by atoms with Crippen molar-refractivity contribution in [1.82, 2.24) is 5.32 Å². The number of ether oxygens (including phenoxy) is 2. The standard InChI is InChI=1S/C27H32N2O7/c1-2-34-26(33)29-20-3-4-21-19(10-24(31)36-22(21)11-20)15-35-23(30)5-6-28-25(32)27-12-16-7-17(13-27)9-18(8-16)14-27/h3-4,10-11,16-18H,2,5-9,12-15H2,1H3,(H,28,32)(H,29,33). The van der Waals surface area contributed by atoms with Crippen LogP contribution in [-0.2, 0) is 25.7 Å². The molecule has 0 spiro atoms. The van der Waals surface area contributed by atoms with Crippen LogP contribution in [0, 0.1) is 23.2 Å². The molecule has 4 fully saturated rings. The smallest absolute Gasteiger partial charge is 0.411 e. The van der Waals surface area contributed by atoms with E-state index in [1.807, 2.05) is 0 Å². The van der Waals surface area contributed by atoms with Gasteiger partial charge in [0.2, 0.25) is 5.91 Å². The Morgan fingerprint density at radius 3 is 2.39 bits per heavy atom. The Hall–Kier alpha value is -3.36. The Balaban J connectivity index is 1.14. The van der Waals surface area contributed by atoms with Crippen LogP contribution in [-0.4, -0.2) is 31.1 Å². The summed E-state index contributed by atoms with van der Waals surface area (Å²) in [4.78, 5) is 49.1. The fourth-order valence-corrected chi connectivity index (χ4v) is 6.80. The molecule has 0 radical (unpaired) electrons. The van der Waals surface area contributed by atoms with E-state index < -0.39 is 17.7 Å². The second-order valence-electron chi connectivity index (χ2n) is 10.5. The Labute approximate surface area is 208 Å². The summed E-state index contributed by atoms with van der Waals surface area (Å²) in [6.45, 7) is 2.06. The van der Waals surface area contributed by atoms with Crippen molar-refractivity contribution < 1.29 is 28.3 Å². The molecule has 4 aliphatic rings. The predicted octanol–water partition coefficient (Wildman–Crippen LogP) is 4.13. The van der Waals surface area contributed by atoms with Crippen LogP contribution in [0.15, 0.2) is 33.5 Å². The molecule has 0 atom stereocenters. The Kier molecular flexibility index (Phi) is 6.73. The molecule has 4 bridgehead atoms. The Morgan fingerprint density at radius 2 is 1.72 bits per heavy atom. The van der Waals surface area contributed by atoms with Crippen molar-refractivity contribution in [3.8, 4) is 0 Å². The van der Waals surface area contributed by atoms with Crippen molar-refractivity contribution in [3.05, 3.63) is 40.2 Å². The maximum atomic E-state index is 13.0. The number of nitrogens with one attached hydrogen (secondary N) is 2. The lowest BCUT2D eigenvalue weighted by Crippen LogP contribution is -2.53. The van der Waals surface area contributed by atoms with Gasteiger partial charge in [-0.1, -0.05) is 0 Å². The molecule has 1 aromatic carbocycles. The molecule has 36 heavy (non-hydrogen) atoms. The summed E-state index contributed by atoms with van der Waals surface area (Å²) >= 11 is 0. The molecule has 6 rings (SSSR count). The molecule has 0 unspecified atom stereocenters. The highest BCUT2D eigenvalue weighted by atomic mass is 16.5.